The molecule has 0 amide bonds. The van der Waals surface area contributed by atoms with E-state index in [1.807, 2.05) is 0 Å². The molecule has 0 aliphatic heterocycles. The average Bonchev–Trinajstić information content (AvgIpc) is 2.34. The molecule has 1 aromatic heterocycles. The fraction of sp³-hybridized carbons (Fsp3) is 0.167. The van der Waals surface area contributed by atoms with Gasteiger partial charge in [-0.3, -0.25) is 4.79 Å². The van der Waals surface area contributed by atoms with Gasteiger partial charge in [-0.15, -0.1) is 0 Å². The Bertz CT molecular complexity index is 563. The van der Waals surface area contributed by atoms with E-state index in [0.717, 1.165) is 5.69 Å². The van der Waals surface area contributed by atoms with E-state index in [1.165, 1.54) is 10.7 Å². The van der Waals surface area contributed by atoms with Gasteiger partial charge in [0.25, 0.3) is 5.56 Å². The highest BCUT2D eigenvalue weighted by Gasteiger charge is 2.01. The van der Waals surface area contributed by atoms with Gasteiger partial charge in [-0.25, -0.2) is 4.39 Å². The van der Waals surface area contributed by atoms with Gasteiger partial charge < -0.3 is 4.74 Å². The van der Waals surface area contributed by atoms with Crippen LogP contribution < -0.4 is 10.3 Å². The van der Waals surface area contributed by atoms with Crippen molar-refractivity contribution in [2.24, 2.45) is 0 Å². The molecule has 17 heavy (non-hydrogen) atoms. The summed E-state index contributed by atoms with van der Waals surface area (Å²) in [4.78, 5) is 11.6. The predicted octanol–water partition coefficient (Wildman–Crippen LogP) is 1.85. The number of hydrogen-bond acceptors (Lipinski definition) is 3. The zero-order valence-electron chi connectivity index (χ0n) is 9.26. The summed E-state index contributed by atoms with van der Waals surface area (Å²) >= 11 is 0. The average molecular weight is 234 g/mol. The Hall–Kier alpha value is -2.17. The van der Waals surface area contributed by atoms with Crippen LogP contribution in [0.2, 0.25) is 0 Å². The van der Waals surface area contributed by atoms with E-state index in [0.29, 0.717) is 11.4 Å². The SMILES string of the molecule is Cc1ccc(=O)n(-c2ccc(OCF)cc2)n1. The maximum absolute atomic E-state index is 11.9. The molecule has 0 unspecified atom stereocenters. The first-order chi connectivity index (χ1) is 8.20. The Balaban J connectivity index is 2.39. The molecule has 2 aromatic rings. The topological polar surface area (TPSA) is 44.1 Å². The molecule has 0 bridgehead atoms. The van der Waals surface area contributed by atoms with Crippen LogP contribution in [0.25, 0.3) is 5.69 Å². The molecular formula is C12H11FN2O2. The van der Waals surface area contributed by atoms with E-state index in [2.05, 4.69) is 9.84 Å². The summed E-state index contributed by atoms with van der Waals surface area (Å²) in [7, 11) is 0. The van der Waals surface area contributed by atoms with Gasteiger partial charge in [0.2, 0.25) is 6.86 Å². The third-order valence-electron chi connectivity index (χ3n) is 2.24. The molecular weight excluding hydrogens is 223 g/mol. The molecule has 0 saturated carbocycles. The number of ether oxygens (including phenoxy) is 1. The maximum atomic E-state index is 11.9. The lowest BCUT2D eigenvalue weighted by Crippen LogP contribution is -2.20. The second kappa shape index (κ2) is 4.78. The third kappa shape index (κ3) is 2.50. The molecule has 0 radical (unpaired) electrons. The van der Waals surface area contributed by atoms with Crippen molar-refractivity contribution in [3.8, 4) is 11.4 Å². The van der Waals surface area contributed by atoms with Crippen LogP contribution in [0, 0.1) is 6.92 Å². The number of hydrogen-bond donors (Lipinski definition) is 0. The highest BCUT2D eigenvalue weighted by Crippen LogP contribution is 2.13. The van der Waals surface area contributed by atoms with Gasteiger partial charge in [0.15, 0.2) is 0 Å². The smallest absolute Gasteiger partial charge is 0.271 e. The van der Waals surface area contributed by atoms with Gasteiger partial charge in [-0.2, -0.15) is 9.78 Å². The van der Waals surface area contributed by atoms with Gasteiger partial charge in [-0.05, 0) is 37.3 Å². The van der Waals surface area contributed by atoms with E-state index in [-0.39, 0.29) is 5.56 Å². The fourth-order valence-corrected chi connectivity index (χ4v) is 1.43. The van der Waals surface area contributed by atoms with E-state index < -0.39 is 6.86 Å². The molecule has 0 aliphatic carbocycles. The minimum Gasteiger partial charge on any atom is -0.463 e. The summed E-state index contributed by atoms with van der Waals surface area (Å²) in [5.74, 6) is 0.414. The molecule has 1 aromatic carbocycles. The Morgan fingerprint density at radius 3 is 2.59 bits per heavy atom. The number of halogens is 1. The summed E-state index contributed by atoms with van der Waals surface area (Å²) in [5, 5.41) is 4.11. The Kier molecular flexibility index (Phi) is 3.18. The van der Waals surface area contributed by atoms with Gasteiger partial charge in [0, 0.05) is 6.07 Å². The van der Waals surface area contributed by atoms with Crippen molar-refractivity contribution in [2.75, 3.05) is 6.86 Å². The molecule has 0 N–H and O–H groups in total. The first kappa shape index (κ1) is 11.3. The van der Waals surface area contributed by atoms with Crippen LogP contribution >= 0.6 is 0 Å². The highest BCUT2D eigenvalue weighted by atomic mass is 19.1. The van der Waals surface area contributed by atoms with Crippen molar-refractivity contribution >= 4 is 0 Å². The molecule has 0 saturated heterocycles. The molecule has 0 aliphatic rings. The standard InChI is InChI=1S/C12H11FN2O2/c1-9-2-7-12(16)15(14-9)10-3-5-11(6-4-10)17-8-13/h2-7H,8H2,1H3. The molecule has 0 atom stereocenters. The Morgan fingerprint density at radius 1 is 1.24 bits per heavy atom. The van der Waals surface area contributed by atoms with Crippen LogP contribution in [0.3, 0.4) is 0 Å². The van der Waals surface area contributed by atoms with Crippen LogP contribution in [-0.2, 0) is 0 Å². The lowest BCUT2D eigenvalue weighted by Gasteiger charge is -2.06. The van der Waals surface area contributed by atoms with E-state index >= 15 is 0 Å². The number of aromatic nitrogens is 2. The predicted molar refractivity (Wildman–Crippen MR) is 61.2 cm³/mol. The van der Waals surface area contributed by atoms with Crippen molar-refractivity contribution in [2.45, 2.75) is 6.92 Å². The quantitative estimate of drug-likeness (QED) is 0.814. The van der Waals surface area contributed by atoms with Crippen LogP contribution in [-0.4, -0.2) is 16.6 Å². The molecule has 1 heterocycles. The molecule has 0 spiro atoms. The zero-order chi connectivity index (χ0) is 12.3. The number of nitrogens with zero attached hydrogens (tertiary/aromatic N) is 2. The van der Waals surface area contributed by atoms with Crippen molar-refractivity contribution in [1.82, 2.24) is 9.78 Å². The molecule has 5 heteroatoms. The van der Waals surface area contributed by atoms with Crippen LogP contribution in [0.15, 0.2) is 41.2 Å². The van der Waals surface area contributed by atoms with Gasteiger partial charge in [0.1, 0.15) is 5.75 Å². The van der Waals surface area contributed by atoms with Crippen molar-refractivity contribution < 1.29 is 9.13 Å². The highest BCUT2D eigenvalue weighted by molar-refractivity contribution is 5.36. The number of aryl methyl sites for hydroxylation is 1. The van der Waals surface area contributed by atoms with Crippen LogP contribution in [0.5, 0.6) is 5.75 Å². The second-order valence-electron chi connectivity index (χ2n) is 3.47. The monoisotopic (exact) mass is 234 g/mol. The van der Waals surface area contributed by atoms with Crippen LogP contribution in [0.1, 0.15) is 5.69 Å². The number of benzene rings is 1. The Morgan fingerprint density at radius 2 is 1.94 bits per heavy atom. The summed E-state index contributed by atoms with van der Waals surface area (Å²) in [6.07, 6.45) is 0. The fourth-order valence-electron chi connectivity index (χ4n) is 1.43. The van der Waals surface area contributed by atoms with Crippen LogP contribution in [0.4, 0.5) is 4.39 Å². The van der Waals surface area contributed by atoms with Crippen molar-refractivity contribution in [3.05, 3.63) is 52.4 Å². The van der Waals surface area contributed by atoms with E-state index in [1.54, 1.807) is 37.3 Å². The van der Waals surface area contributed by atoms with E-state index in [4.69, 9.17) is 0 Å². The summed E-state index contributed by atoms with van der Waals surface area (Å²) in [6.45, 7) is 0.929. The lowest BCUT2D eigenvalue weighted by atomic mass is 10.3. The molecule has 88 valence electrons. The largest absolute Gasteiger partial charge is 0.463 e. The van der Waals surface area contributed by atoms with Crippen molar-refractivity contribution in [1.29, 1.82) is 0 Å². The zero-order valence-corrected chi connectivity index (χ0v) is 9.26. The third-order valence-corrected chi connectivity index (χ3v) is 2.24. The minimum absolute atomic E-state index is 0.213. The summed E-state index contributed by atoms with van der Waals surface area (Å²) < 4.78 is 17.9. The first-order valence-corrected chi connectivity index (χ1v) is 5.07. The summed E-state index contributed by atoms with van der Waals surface area (Å²) in [5.41, 5.74) is 1.15. The van der Waals surface area contributed by atoms with Gasteiger partial charge in [0.05, 0.1) is 11.4 Å². The number of rotatable bonds is 3. The lowest BCUT2D eigenvalue weighted by molar-refractivity contribution is 0.192. The van der Waals surface area contributed by atoms with Gasteiger partial charge >= 0.3 is 0 Å². The first-order valence-electron chi connectivity index (χ1n) is 5.07. The van der Waals surface area contributed by atoms with E-state index in [9.17, 15) is 9.18 Å². The maximum Gasteiger partial charge on any atom is 0.271 e. The van der Waals surface area contributed by atoms with Crippen molar-refractivity contribution in [3.63, 3.8) is 0 Å². The molecule has 0 fully saturated rings. The number of alkyl halides is 1. The molecule has 2 rings (SSSR count). The molecule has 4 nitrogen and oxygen atoms in total. The minimum atomic E-state index is -0.873. The second-order valence-corrected chi connectivity index (χ2v) is 3.47. The van der Waals surface area contributed by atoms with Gasteiger partial charge in [-0.1, -0.05) is 0 Å². The Labute approximate surface area is 97.3 Å². The normalized spacial score (nSPS) is 10.2. The summed E-state index contributed by atoms with van der Waals surface area (Å²) in [6, 6.07) is 9.59.